The van der Waals surface area contributed by atoms with Crippen LogP contribution in [0.4, 0.5) is 0 Å². The maximum Gasteiger partial charge on any atom is 0.200 e. The van der Waals surface area contributed by atoms with Crippen molar-refractivity contribution in [3.63, 3.8) is 0 Å². The summed E-state index contributed by atoms with van der Waals surface area (Å²) in [6.45, 7) is 4.06. The maximum atomic E-state index is 13.0. The quantitative estimate of drug-likeness (QED) is 0.470. The Morgan fingerprint density at radius 2 is 1.88 bits per heavy atom. The van der Waals surface area contributed by atoms with Crippen molar-refractivity contribution < 1.29 is 0 Å². The molecule has 0 saturated carbocycles. The lowest BCUT2D eigenvalue weighted by Crippen LogP contribution is -2.15. The lowest BCUT2D eigenvalue weighted by Gasteiger charge is -2.17. The Hall–Kier alpha value is -1.56. The van der Waals surface area contributed by atoms with Gasteiger partial charge < -0.3 is 4.57 Å². The topological polar surface area (TPSA) is 47.8 Å². The summed E-state index contributed by atoms with van der Waals surface area (Å²) in [6.07, 6.45) is 5.25. The molecular formula is C17H15Cl2N3OS. The second-order valence-electron chi connectivity index (χ2n) is 5.56. The van der Waals surface area contributed by atoms with E-state index in [4.69, 9.17) is 23.2 Å². The van der Waals surface area contributed by atoms with Gasteiger partial charge in [-0.05, 0) is 32.2 Å². The minimum Gasteiger partial charge on any atom is -0.329 e. The monoisotopic (exact) mass is 379 g/mol. The van der Waals surface area contributed by atoms with Gasteiger partial charge in [0.05, 0.1) is 15.4 Å². The largest absolute Gasteiger partial charge is 0.329 e. The van der Waals surface area contributed by atoms with Gasteiger partial charge in [-0.2, -0.15) is 0 Å². The van der Waals surface area contributed by atoms with Crippen molar-refractivity contribution >= 4 is 46.0 Å². The molecule has 0 saturated heterocycles. The highest BCUT2D eigenvalue weighted by Crippen LogP contribution is 2.34. The van der Waals surface area contributed by atoms with Gasteiger partial charge in [-0.1, -0.05) is 41.0 Å². The highest BCUT2D eigenvalue weighted by molar-refractivity contribution is 7.98. The fourth-order valence-electron chi connectivity index (χ4n) is 2.54. The smallest absolute Gasteiger partial charge is 0.200 e. The average Bonchev–Trinajstić information content (AvgIpc) is 2.55. The SMILES string of the molecule is CSc1ncc2c(=O)c(-c3c(Cl)cccc3Cl)cn(C(C)C)c2n1. The molecule has 2 heterocycles. The third kappa shape index (κ3) is 2.92. The van der Waals surface area contributed by atoms with E-state index in [2.05, 4.69) is 9.97 Å². The summed E-state index contributed by atoms with van der Waals surface area (Å²) in [7, 11) is 0. The first-order valence-electron chi connectivity index (χ1n) is 7.34. The number of pyridine rings is 1. The van der Waals surface area contributed by atoms with Crippen molar-refractivity contribution in [3.05, 3.63) is 50.9 Å². The van der Waals surface area contributed by atoms with Gasteiger partial charge >= 0.3 is 0 Å². The first-order valence-corrected chi connectivity index (χ1v) is 9.32. The van der Waals surface area contributed by atoms with Gasteiger partial charge in [0.25, 0.3) is 0 Å². The number of aromatic nitrogens is 3. The Balaban J connectivity index is 2.43. The second kappa shape index (κ2) is 6.75. The van der Waals surface area contributed by atoms with Crippen LogP contribution in [-0.4, -0.2) is 20.8 Å². The first kappa shape index (κ1) is 17.3. The predicted molar refractivity (Wildman–Crippen MR) is 101 cm³/mol. The van der Waals surface area contributed by atoms with Crippen LogP contribution in [-0.2, 0) is 0 Å². The van der Waals surface area contributed by atoms with Gasteiger partial charge in [0.1, 0.15) is 5.65 Å². The van der Waals surface area contributed by atoms with Crippen LogP contribution in [0.25, 0.3) is 22.2 Å². The van der Waals surface area contributed by atoms with Crippen molar-refractivity contribution in [1.82, 2.24) is 14.5 Å². The summed E-state index contributed by atoms with van der Waals surface area (Å²) < 4.78 is 1.95. The Bertz CT molecular complexity index is 965. The fraction of sp³-hybridized carbons (Fsp3) is 0.235. The van der Waals surface area contributed by atoms with Crippen LogP contribution in [0.3, 0.4) is 0 Å². The number of benzene rings is 1. The number of hydrogen-bond donors (Lipinski definition) is 0. The molecule has 1 aromatic carbocycles. The van der Waals surface area contributed by atoms with Crippen LogP contribution >= 0.6 is 35.0 Å². The summed E-state index contributed by atoms with van der Waals surface area (Å²) in [5.41, 5.74) is 1.43. The molecule has 124 valence electrons. The third-order valence-corrected chi connectivity index (χ3v) is 4.91. The van der Waals surface area contributed by atoms with E-state index < -0.39 is 0 Å². The van der Waals surface area contributed by atoms with E-state index in [-0.39, 0.29) is 11.5 Å². The number of fused-ring (bicyclic) bond motifs is 1. The van der Waals surface area contributed by atoms with E-state index >= 15 is 0 Å². The van der Waals surface area contributed by atoms with E-state index in [1.807, 2.05) is 24.7 Å². The molecule has 0 aliphatic rings. The van der Waals surface area contributed by atoms with Gasteiger partial charge in [0, 0.05) is 29.6 Å². The molecule has 3 aromatic rings. The molecule has 0 N–H and O–H groups in total. The second-order valence-corrected chi connectivity index (χ2v) is 7.15. The number of rotatable bonds is 3. The Labute approximate surface area is 153 Å². The normalized spacial score (nSPS) is 11.4. The number of hydrogen-bond acceptors (Lipinski definition) is 4. The molecule has 0 bridgehead atoms. The molecule has 0 unspecified atom stereocenters. The van der Waals surface area contributed by atoms with Gasteiger partial charge in [0.2, 0.25) is 5.43 Å². The van der Waals surface area contributed by atoms with E-state index in [1.54, 1.807) is 30.6 Å². The lowest BCUT2D eigenvalue weighted by molar-refractivity contribution is 0.610. The van der Waals surface area contributed by atoms with Crippen molar-refractivity contribution in [2.45, 2.75) is 25.0 Å². The van der Waals surface area contributed by atoms with Crippen LogP contribution in [0.1, 0.15) is 19.9 Å². The summed E-state index contributed by atoms with van der Waals surface area (Å²) in [5, 5.41) is 1.96. The van der Waals surface area contributed by atoms with Crippen molar-refractivity contribution in [2.24, 2.45) is 0 Å². The zero-order valence-electron chi connectivity index (χ0n) is 13.4. The molecule has 3 rings (SSSR count). The third-order valence-electron chi connectivity index (χ3n) is 3.72. The van der Waals surface area contributed by atoms with Crippen molar-refractivity contribution in [3.8, 4) is 11.1 Å². The Morgan fingerprint density at radius 3 is 2.46 bits per heavy atom. The molecular weight excluding hydrogens is 365 g/mol. The molecule has 0 aliphatic heterocycles. The number of nitrogens with zero attached hydrogens (tertiary/aromatic N) is 3. The zero-order valence-corrected chi connectivity index (χ0v) is 15.7. The van der Waals surface area contributed by atoms with Crippen LogP contribution in [0, 0.1) is 0 Å². The summed E-state index contributed by atoms with van der Waals surface area (Å²) in [4.78, 5) is 21.7. The molecule has 0 spiro atoms. The molecule has 4 nitrogen and oxygen atoms in total. The van der Waals surface area contributed by atoms with Gasteiger partial charge in [-0.15, -0.1) is 0 Å². The minimum absolute atomic E-state index is 0.109. The van der Waals surface area contributed by atoms with Crippen molar-refractivity contribution in [2.75, 3.05) is 6.26 Å². The standard InChI is InChI=1S/C17H15Cl2N3OS/c1-9(2)22-8-11(14-12(18)5-4-6-13(14)19)15(23)10-7-20-17(24-3)21-16(10)22/h4-9H,1-3H3. The number of thioether (sulfide) groups is 1. The zero-order chi connectivity index (χ0) is 17.4. The van der Waals surface area contributed by atoms with Crippen LogP contribution < -0.4 is 5.43 Å². The molecule has 0 atom stereocenters. The van der Waals surface area contributed by atoms with E-state index in [9.17, 15) is 4.79 Å². The fourth-order valence-corrected chi connectivity index (χ4v) is 3.48. The Morgan fingerprint density at radius 1 is 1.21 bits per heavy atom. The first-order chi connectivity index (χ1) is 11.4. The molecule has 0 aliphatic carbocycles. The molecule has 0 fully saturated rings. The van der Waals surface area contributed by atoms with Crippen LogP contribution in [0.5, 0.6) is 0 Å². The van der Waals surface area contributed by atoms with Crippen molar-refractivity contribution in [1.29, 1.82) is 0 Å². The highest BCUT2D eigenvalue weighted by atomic mass is 35.5. The Kier molecular flexibility index (Phi) is 4.85. The molecule has 24 heavy (non-hydrogen) atoms. The number of halogens is 2. The van der Waals surface area contributed by atoms with E-state index in [0.29, 0.717) is 37.4 Å². The van der Waals surface area contributed by atoms with Gasteiger partial charge in [-0.25, -0.2) is 9.97 Å². The van der Waals surface area contributed by atoms with Gasteiger partial charge in [-0.3, -0.25) is 4.79 Å². The van der Waals surface area contributed by atoms with E-state index in [0.717, 1.165) is 0 Å². The minimum atomic E-state index is -0.176. The summed E-state index contributed by atoms with van der Waals surface area (Å²) in [5.74, 6) is 0. The molecule has 0 amide bonds. The maximum absolute atomic E-state index is 13.0. The van der Waals surface area contributed by atoms with Crippen LogP contribution in [0.2, 0.25) is 10.0 Å². The lowest BCUT2D eigenvalue weighted by atomic mass is 10.1. The predicted octanol–water partition coefficient (Wildman–Crippen LogP) is 5.07. The highest BCUT2D eigenvalue weighted by Gasteiger charge is 2.18. The van der Waals surface area contributed by atoms with Crippen LogP contribution in [0.15, 0.2) is 40.5 Å². The van der Waals surface area contributed by atoms with E-state index in [1.165, 1.54) is 11.8 Å². The summed E-state index contributed by atoms with van der Waals surface area (Å²) in [6, 6.07) is 5.31. The molecule has 0 radical (unpaired) electrons. The van der Waals surface area contributed by atoms with Gasteiger partial charge in [0.15, 0.2) is 5.16 Å². The summed E-state index contributed by atoms with van der Waals surface area (Å²) >= 11 is 14.0. The average molecular weight is 380 g/mol. The molecule has 2 aromatic heterocycles. The molecule has 7 heteroatoms.